The zero-order valence-electron chi connectivity index (χ0n) is 12.0. The van der Waals surface area contributed by atoms with Crippen molar-refractivity contribution in [1.82, 2.24) is 10.2 Å². The van der Waals surface area contributed by atoms with Crippen molar-refractivity contribution in [2.24, 2.45) is 5.92 Å². The highest BCUT2D eigenvalue weighted by Gasteiger charge is 2.51. The van der Waals surface area contributed by atoms with Crippen LogP contribution >= 0.6 is 0 Å². The summed E-state index contributed by atoms with van der Waals surface area (Å²) in [5.41, 5.74) is 1.34. The number of nitrogens with one attached hydrogen (secondary N) is 1. The Bertz CT molecular complexity index is 528. The van der Waals surface area contributed by atoms with Gasteiger partial charge in [0, 0.05) is 12.1 Å². The summed E-state index contributed by atoms with van der Waals surface area (Å²) in [6.07, 6.45) is 8.84. The van der Waals surface area contributed by atoms with Crippen LogP contribution in [-0.4, -0.2) is 29.9 Å². The number of hydrogen-bond acceptors (Lipinski definition) is 3. The van der Waals surface area contributed by atoms with Crippen LogP contribution in [0.5, 0.6) is 0 Å². The Kier molecular flexibility index (Phi) is 2.71. The molecule has 2 saturated carbocycles. The van der Waals surface area contributed by atoms with Gasteiger partial charge in [-0.1, -0.05) is 0 Å². The lowest BCUT2D eigenvalue weighted by atomic mass is 9.91. The molecule has 2 aliphatic carbocycles. The SMILES string of the molecule is CNC1C(=O)N(C23CCC(CC2)C3)CCc2ccoc21. The molecule has 4 heteroatoms. The first kappa shape index (κ1) is 12.5. The summed E-state index contributed by atoms with van der Waals surface area (Å²) in [5, 5.41) is 3.16. The van der Waals surface area contributed by atoms with Crippen LogP contribution in [-0.2, 0) is 11.2 Å². The third kappa shape index (κ3) is 1.60. The lowest BCUT2D eigenvalue weighted by Gasteiger charge is -2.40. The molecule has 1 aromatic heterocycles. The minimum atomic E-state index is -0.309. The average molecular weight is 274 g/mol. The highest BCUT2D eigenvalue weighted by Crippen LogP contribution is 2.52. The predicted molar refractivity (Wildman–Crippen MR) is 75.2 cm³/mol. The Hall–Kier alpha value is -1.29. The van der Waals surface area contributed by atoms with Gasteiger partial charge in [-0.2, -0.15) is 0 Å². The fourth-order valence-electron chi connectivity index (χ4n) is 4.68. The predicted octanol–water partition coefficient (Wildman–Crippen LogP) is 2.26. The number of furan rings is 1. The van der Waals surface area contributed by atoms with Crippen molar-refractivity contribution in [2.45, 2.75) is 50.1 Å². The molecule has 1 unspecified atom stereocenters. The van der Waals surface area contributed by atoms with Crippen LogP contribution in [0, 0.1) is 5.92 Å². The number of carbonyl (C=O) groups excluding carboxylic acids is 1. The lowest BCUT2D eigenvalue weighted by Crippen LogP contribution is -2.52. The fourth-order valence-corrected chi connectivity index (χ4v) is 4.68. The smallest absolute Gasteiger partial charge is 0.248 e. The Morgan fingerprint density at radius 3 is 2.85 bits per heavy atom. The quantitative estimate of drug-likeness (QED) is 0.899. The second-order valence-electron chi connectivity index (χ2n) is 6.64. The first-order valence-electron chi connectivity index (χ1n) is 7.78. The van der Waals surface area contributed by atoms with E-state index in [1.165, 1.54) is 37.7 Å². The van der Waals surface area contributed by atoms with Gasteiger partial charge in [-0.05, 0) is 63.1 Å². The van der Waals surface area contributed by atoms with Gasteiger partial charge in [0.1, 0.15) is 11.8 Å². The van der Waals surface area contributed by atoms with E-state index in [-0.39, 0.29) is 17.5 Å². The summed E-state index contributed by atoms with van der Waals surface area (Å²) in [5.74, 6) is 1.89. The molecule has 1 amide bonds. The molecule has 2 heterocycles. The van der Waals surface area contributed by atoms with Gasteiger partial charge in [0.05, 0.1) is 6.26 Å². The number of amides is 1. The molecule has 0 radical (unpaired) electrons. The average Bonchev–Trinajstić information content (AvgIpc) is 3.15. The molecule has 0 aromatic carbocycles. The maximum absolute atomic E-state index is 13.0. The van der Waals surface area contributed by atoms with Gasteiger partial charge in [0.15, 0.2) is 0 Å². The Labute approximate surface area is 119 Å². The number of fused-ring (bicyclic) bond motifs is 3. The van der Waals surface area contributed by atoms with Crippen LogP contribution < -0.4 is 5.32 Å². The summed E-state index contributed by atoms with van der Waals surface area (Å²) >= 11 is 0. The van der Waals surface area contributed by atoms with E-state index in [1.54, 1.807) is 6.26 Å². The van der Waals surface area contributed by atoms with Crippen LogP contribution in [0.2, 0.25) is 0 Å². The standard InChI is InChI=1S/C16H22N2O2/c1-17-13-14-12(5-9-20-14)4-8-18(15(13)19)16-6-2-11(10-16)3-7-16/h5,9,11,13,17H,2-4,6-8,10H2,1H3. The molecule has 1 N–H and O–H groups in total. The molecule has 108 valence electrons. The van der Waals surface area contributed by atoms with Gasteiger partial charge in [-0.25, -0.2) is 0 Å². The van der Waals surface area contributed by atoms with Crippen molar-refractivity contribution >= 4 is 5.91 Å². The maximum atomic E-state index is 13.0. The number of rotatable bonds is 2. The summed E-state index contributed by atoms with van der Waals surface area (Å²) in [7, 11) is 1.85. The van der Waals surface area contributed by atoms with Crippen molar-refractivity contribution in [3.63, 3.8) is 0 Å². The molecular formula is C16H22N2O2. The monoisotopic (exact) mass is 274 g/mol. The normalized spacial score (nSPS) is 36.2. The van der Waals surface area contributed by atoms with E-state index in [1.807, 2.05) is 13.1 Å². The third-order valence-corrected chi connectivity index (χ3v) is 5.73. The largest absolute Gasteiger partial charge is 0.467 e. The van der Waals surface area contributed by atoms with Crippen LogP contribution in [0.15, 0.2) is 16.7 Å². The first-order valence-corrected chi connectivity index (χ1v) is 7.78. The zero-order valence-corrected chi connectivity index (χ0v) is 12.0. The minimum Gasteiger partial charge on any atom is -0.467 e. The van der Waals surface area contributed by atoms with Gasteiger partial charge >= 0.3 is 0 Å². The van der Waals surface area contributed by atoms with E-state index >= 15 is 0 Å². The van der Waals surface area contributed by atoms with Crippen molar-refractivity contribution in [1.29, 1.82) is 0 Å². The van der Waals surface area contributed by atoms with Gasteiger partial charge in [-0.15, -0.1) is 0 Å². The van der Waals surface area contributed by atoms with Crippen molar-refractivity contribution in [3.8, 4) is 0 Å². The molecule has 20 heavy (non-hydrogen) atoms. The lowest BCUT2D eigenvalue weighted by molar-refractivity contribution is -0.139. The van der Waals surface area contributed by atoms with E-state index in [2.05, 4.69) is 10.2 Å². The Balaban J connectivity index is 1.69. The van der Waals surface area contributed by atoms with E-state index in [0.29, 0.717) is 0 Å². The third-order valence-electron chi connectivity index (χ3n) is 5.73. The molecule has 1 atom stereocenters. The highest BCUT2D eigenvalue weighted by atomic mass is 16.3. The zero-order chi connectivity index (χ0) is 13.7. The first-order chi connectivity index (χ1) is 9.73. The van der Waals surface area contributed by atoms with E-state index in [4.69, 9.17) is 4.42 Å². The number of hydrogen-bond donors (Lipinski definition) is 1. The van der Waals surface area contributed by atoms with E-state index < -0.39 is 0 Å². The van der Waals surface area contributed by atoms with E-state index in [9.17, 15) is 4.79 Å². The second-order valence-corrected chi connectivity index (χ2v) is 6.64. The molecule has 4 nitrogen and oxygen atoms in total. The molecule has 1 aromatic rings. The van der Waals surface area contributed by atoms with Crippen LogP contribution in [0.25, 0.3) is 0 Å². The second kappa shape index (κ2) is 4.35. The topological polar surface area (TPSA) is 45.5 Å². The van der Waals surface area contributed by atoms with Crippen molar-refractivity contribution in [2.75, 3.05) is 13.6 Å². The van der Waals surface area contributed by atoms with Gasteiger partial charge in [0.25, 0.3) is 0 Å². The minimum absolute atomic E-state index is 0.153. The maximum Gasteiger partial charge on any atom is 0.248 e. The molecular weight excluding hydrogens is 252 g/mol. The van der Waals surface area contributed by atoms with E-state index in [0.717, 1.165) is 24.6 Å². The summed E-state index contributed by atoms with van der Waals surface area (Å²) in [4.78, 5) is 15.2. The Morgan fingerprint density at radius 2 is 2.20 bits per heavy atom. The van der Waals surface area contributed by atoms with Crippen LogP contribution in [0.1, 0.15) is 49.5 Å². The molecule has 3 aliphatic rings. The summed E-state index contributed by atoms with van der Waals surface area (Å²) < 4.78 is 5.59. The van der Waals surface area contributed by atoms with Gasteiger partial charge < -0.3 is 14.6 Å². The number of nitrogens with zero attached hydrogens (tertiary/aromatic N) is 1. The number of likely N-dealkylation sites (N-methyl/N-ethyl adjacent to an activating group) is 1. The molecule has 0 saturated heterocycles. The molecule has 2 fully saturated rings. The molecule has 1 aliphatic heterocycles. The van der Waals surface area contributed by atoms with Crippen LogP contribution in [0.3, 0.4) is 0 Å². The molecule has 0 spiro atoms. The molecule has 4 rings (SSSR count). The molecule has 2 bridgehead atoms. The summed E-state index contributed by atoms with van der Waals surface area (Å²) in [6.45, 7) is 0.844. The Morgan fingerprint density at radius 1 is 1.40 bits per heavy atom. The van der Waals surface area contributed by atoms with Gasteiger partial charge in [0.2, 0.25) is 5.91 Å². The van der Waals surface area contributed by atoms with Crippen molar-refractivity contribution < 1.29 is 9.21 Å². The van der Waals surface area contributed by atoms with Crippen LogP contribution in [0.4, 0.5) is 0 Å². The summed E-state index contributed by atoms with van der Waals surface area (Å²) in [6, 6.07) is 1.71. The van der Waals surface area contributed by atoms with Gasteiger partial charge in [-0.3, -0.25) is 4.79 Å². The fraction of sp³-hybridized carbons (Fsp3) is 0.688. The number of carbonyl (C=O) groups is 1. The highest BCUT2D eigenvalue weighted by molar-refractivity contribution is 5.84. The van der Waals surface area contributed by atoms with Crippen molar-refractivity contribution in [3.05, 3.63) is 23.7 Å².